The molecule has 1 saturated heterocycles. The second-order valence-electron chi connectivity index (χ2n) is 36.0. The minimum absolute atomic E-state index is 0.141. The molecule has 0 aromatic rings. The van der Waals surface area contributed by atoms with Crippen molar-refractivity contribution < 1.29 is 96.5 Å². The summed E-state index contributed by atoms with van der Waals surface area (Å²) in [4.78, 5) is 106. The number of carbonyl (C=O) groups is 6. The smallest absolute Gasteiger partial charge is 0.462 e. The Morgan fingerprint density at radius 1 is 0.358 bits per heavy atom. The van der Waals surface area contributed by atoms with Gasteiger partial charge in [0.1, 0.15) is 48.8 Å². The number of hydrogen-bond donors (Lipinski definition) is 8. The van der Waals surface area contributed by atoms with Gasteiger partial charge in [-0.2, -0.15) is 0 Å². The lowest BCUT2D eigenvalue weighted by Crippen LogP contribution is -2.66. The van der Waals surface area contributed by atoms with Gasteiger partial charge in [-0.15, -0.1) is 0 Å². The molecule has 1 aliphatic heterocycles. The number of rotatable bonds is 84. The fourth-order valence-corrected chi connectivity index (χ4v) is 17.8. The summed E-state index contributed by atoms with van der Waals surface area (Å²) in [5, 5.41) is 52.2. The molecule has 1 saturated carbocycles. The summed E-state index contributed by atoms with van der Waals surface area (Å²) in [7, 11) is -5.50. The molecule has 13 atom stereocenters. The zero-order valence-corrected chi connectivity index (χ0v) is 78.2. The average molecular weight is 1730 g/mol. The van der Waals surface area contributed by atoms with Crippen molar-refractivity contribution in [2.75, 3.05) is 13.2 Å². The molecule has 2 rings (SSSR count). The van der Waals surface area contributed by atoms with Crippen LogP contribution < -0.4 is 10.6 Å². The lowest BCUT2D eigenvalue weighted by atomic mass is 9.79. The Morgan fingerprint density at radius 2 is 0.633 bits per heavy atom. The van der Waals surface area contributed by atoms with Gasteiger partial charge in [0.2, 0.25) is 11.8 Å². The minimum Gasteiger partial charge on any atom is -0.462 e. The van der Waals surface area contributed by atoms with Crippen molar-refractivity contribution in [2.24, 2.45) is 5.92 Å². The Bertz CT molecular complexity index is 2510. The van der Waals surface area contributed by atoms with Gasteiger partial charge >= 0.3 is 31.7 Å². The van der Waals surface area contributed by atoms with Crippen molar-refractivity contribution >= 4 is 43.5 Å². The van der Waals surface area contributed by atoms with E-state index in [0.29, 0.717) is 57.8 Å². The lowest BCUT2D eigenvalue weighted by molar-refractivity contribution is -0.262. The minimum atomic E-state index is -5.50. The summed E-state index contributed by atoms with van der Waals surface area (Å²) < 4.78 is 55.8. The molecule has 23 heteroatoms. The van der Waals surface area contributed by atoms with Crippen LogP contribution in [0.1, 0.15) is 491 Å². The molecule has 0 aromatic carbocycles. The highest BCUT2D eigenvalue weighted by molar-refractivity contribution is 7.46. The molecule has 1 aliphatic carbocycles. The van der Waals surface area contributed by atoms with Crippen LogP contribution in [0, 0.1) is 5.92 Å². The van der Waals surface area contributed by atoms with Gasteiger partial charge in [0.15, 0.2) is 12.4 Å². The van der Waals surface area contributed by atoms with Crippen LogP contribution in [-0.2, 0) is 66.3 Å². The van der Waals surface area contributed by atoms with Crippen LogP contribution in [0.3, 0.4) is 0 Å². The number of ether oxygens (including phenoxy) is 6. The molecule has 120 heavy (non-hydrogen) atoms. The van der Waals surface area contributed by atoms with Gasteiger partial charge in [0.05, 0.1) is 38.0 Å². The highest BCUT2D eigenvalue weighted by Crippen LogP contribution is 2.45. The maximum Gasteiger partial charge on any atom is 0.469 e. The highest BCUT2D eigenvalue weighted by Gasteiger charge is 2.52. The zero-order chi connectivity index (χ0) is 87.7. The largest absolute Gasteiger partial charge is 0.469 e. The third kappa shape index (κ3) is 60.4. The Morgan fingerprint density at radius 3 is 0.925 bits per heavy atom. The van der Waals surface area contributed by atoms with Crippen LogP contribution in [0.5, 0.6) is 0 Å². The van der Waals surface area contributed by atoms with Gasteiger partial charge in [-0.1, -0.05) is 388 Å². The van der Waals surface area contributed by atoms with E-state index in [1.54, 1.807) is 0 Å². The first kappa shape index (κ1) is 113. The molecule has 2 aliphatic rings. The summed E-state index contributed by atoms with van der Waals surface area (Å²) in [5.41, 5.74) is 0. The molecule has 0 aromatic heterocycles. The van der Waals surface area contributed by atoms with Crippen LogP contribution in [0.2, 0.25) is 0 Å². The molecule has 1 heterocycles. The number of aliphatic hydroxyl groups excluding tert-OH is 4. The number of aliphatic hydroxyl groups is 4. The van der Waals surface area contributed by atoms with E-state index in [-0.39, 0.29) is 38.5 Å². The van der Waals surface area contributed by atoms with Crippen molar-refractivity contribution in [3.63, 3.8) is 0 Å². The first-order valence-corrected chi connectivity index (χ1v) is 51.8. The summed E-state index contributed by atoms with van der Waals surface area (Å²) >= 11 is 0. The third-order valence-corrected chi connectivity index (χ3v) is 25.2. The van der Waals surface area contributed by atoms with E-state index >= 15 is 4.79 Å². The molecular weight excluding hydrogens is 1540 g/mol. The fraction of sp³-hybridized carbons (Fsp3) is 0.938. The average Bonchev–Trinajstić information content (AvgIpc) is 0.774. The molecule has 2 amide bonds. The third-order valence-electron chi connectivity index (χ3n) is 24.6. The van der Waals surface area contributed by atoms with Crippen LogP contribution in [-0.4, -0.2) is 152 Å². The van der Waals surface area contributed by atoms with E-state index < -0.39 is 142 Å². The molecule has 8 N–H and O–H groups in total. The Kier molecular flexibility index (Phi) is 72.2. The maximum absolute atomic E-state index is 15.1. The number of esters is 4. The van der Waals surface area contributed by atoms with E-state index in [2.05, 4.69) is 52.2 Å². The molecule has 706 valence electrons. The SMILES string of the molecule is CCCCCCCCCCCCCC(=O)O[C@H](CCCCCCCCCCC)CC(=O)NC1[C@@H](O)[C@H](O)C(CO[C@@H]2CC(CO)[C@@H](OP(=O)(O)O)[C@H](OC(=O)C[C@@H](CCCCCCCCCCC)OC(=O)CCCCCCCCCCCCC)C2NC(=O)C[C@@H](CCCCCCCCCCC)OC(=O)CCCCCCCCCCCCC)O[C@@H]1O. The Labute approximate surface area is 730 Å². The molecule has 0 radical (unpaired) electrons. The monoisotopic (exact) mass is 1730 g/mol. The van der Waals surface area contributed by atoms with Gasteiger partial charge in [-0.05, 0) is 64.2 Å². The second-order valence-corrected chi connectivity index (χ2v) is 37.1. The van der Waals surface area contributed by atoms with Crippen molar-refractivity contribution in [3.8, 4) is 0 Å². The molecule has 4 unspecified atom stereocenters. The van der Waals surface area contributed by atoms with Crippen molar-refractivity contribution in [3.05, 3.63) is 0 Å². The highest BCUT2D eigenvalue weighted by atomic mass is 31.2. The van der Waals surface area contributed by atoms with Gasteiger partial charge in [0.25, 0.3) is 0 Å². The fourth-order valence-electron chi connectivity index (χ4n) is 17.2. The van der Waals surface area contributed by atoms with Crippen LogP contribution in [0.25, 0.3) is 0 Å². The number of nitrogens with one attached hydrogen (secondary N) is 2. The number of phosphoric ester groups is 1. The topological polar surface area (TPSA) is 330 Å². The normalized spacial score (nSPS) is 20.2. The number of unbranched alkanes of at least 4 members (excludes halogenated alkanes) is 54. The first-order chi connectivity index (χ1) is 58.2. The predicted molar refractivity (Wildman–Crippen MR) is 481 cm³/mol. The van der Waals surface area contributed by atoms with Gasteiger partial charge in [-0.3, -0.25) is 33.3 Å². The Hall–Kier alpha value is -3.31. The summed E-state index contributed by atoms with van der Waals surface area (Å²) in [6.07, 6.45) is 50.1. The number of carbonyl (C=O) groups excluding carboxylic acids is 6. The number of amides is 2. The summed E-state index contributed by atoms with van der Waals surface area (Å²) in [6, 6.07) is -3.12. The first-order valence-electron chi connectivity index (χ1n) is 50.3. The summed E-state index contributed by atoms with van der Waals surface area (Å²) in [6.45, 7) is 11.8. The quantitative estimate of drug-likeness (QED) is 0.0121. The lowest BCUT2D eigenvalue weighted by Gasteiger charge is -2.46. The Balaban J connectivity index is 2.58. The standard InChI is InChI=1S/C97H183N2O20P/c1-7-13-19-25-31-37-40-46-52-58-64-70-87(103)114-80(67-61-55-49-43-34-28-22-16-10-4)74-85(101)98-91-83(73-79(77-100)95(119-120(110,111)112)96(91)118-90(106)76-82(69-63-57-51-45-36-30-24-18-12-6)116-89(105)72-66-60-54-48-42-39-33-27-21-15-9-3)113-78-84-93(107)94(108)92(97(109)117-84)99-86(102)75-81(68-62-56-50-44-35-29-23-17-11-5)115-88(104)71-65-59-53-47-41-38-32-26-20-14-8-2/h79-84,91-97,100,107-109H,7-78H2,1-6H3,(H,98,101)(H,99,102)(H2,110,111,112)/t79?,80-,81-,82-,83-,84?,91?,92?,93-,94-,95-,96-,97+/m1/s1. The zero-order valence-electron chi connectivity index (χ0n) is 77.3. The van der Waals surface area contributed by atoms with Crippen molar-refractivity contribution in [2.45, 2.75) is 564 Å². The van der Waals surface area contributed by atoms with Crippen molar-refractivity contribution in [1.82, 2.24) is 10.6 Å². The van der Waals surface area contributed by atoms with E-state index in [1.165, 1.54) is 173 Å². The van der Waals surface area contributed by atoms with Gasteiger partial charge < -0.3 is 69.3 Å². The van der Waals surface area contributed by atoms with E-state index in [4.69, 9.17) is 32.9 Å². The van der Waals surface area contributed by atoms with E-state index in [1.807, 2.05) is 0 Å². The van der Waals surface area contributed by atoms with Crippen LogP contribution in [0.4, 0.5) is 0 Å². The molecule has 22 nitrogen and oxygen atoms in total. The van der Waals surface area contributed by atoms with E-state index in [0.717, 1.165) is 173 Å². The number of hydrogen-bond acceptors (Lipinski definition) is 18. The molecule has 0 spiro atoms. The van der Waals surface area contributed by atoms with Crippen LogP contribution in [0.15, 0.2) is 0 Å². The molecule has 0 bridgehead atoms. The van der Waals surface area contributed by atoms with Gasteiger partial charge in [0, 0.05) is 31.8 Å². The van der Waals surface area contributed by atoms with Gasteiger partial charge in [-0.25, -0.2) is 4.57 Å². The molecular formula is C97H183N2O20P. The summed E-state index contributed by atoms with van der Waals surface area (Å²) in [5.74, 6) is -4.89. The van der Waals surface area contributed by atoms with E-state index in [9.17, 15) is 58.8 Å². The second kappa shape index (κ2) is 76.9. The predicted octanol–water partition coefficient (Wildman–Crippen LogP) is 23.0. The van der Waals surface area contributed by atoms with Crippen LogP contribution >= 0.6 is 7.82 Å². The van der Waals surface area contributed by atoms with Crippen molar-refractivity contribution in [1.29, 1.82) is 0 Å². The molecule has 2 fully saturated rings. The maximum atomic E-state index is 15.1. The number of phosphoric acid groups is 1.